The fraction of sp³-hybridized carbons (Fsp3) is 0.125. The lowest BCUT2D eigenvalue weighted by molar-refractivity contribution is -0.134. The molecule has 0 aliphatic carbocycles. The average Bonchev–Trinajstić information content (AvgIpc) is 2.19. The van der Waals surface area contributed by atoms with E-state index < -0.39 is 0 Å². The van der Waals surface area contributed by atoms with Gasteiger partial charge in [0.1, 0.15) is 5.75 Å². The van der Waals surface area contributed by atoms with Crippen LogP contribution in [-0.4, -0.2) is 13.6 Å². The highest BCUT2D eigenvalue weighted by atomic mass is 16.7. The highest BCUT2D eigenvalue weighted by Gasteiger charge is 1.91. The highest BCUT2D eigenvalue weighted by molar-refractivity contribution is 5.45. The maximum Gasteiger partial charge on any atom is 0.315 e. The number of hydrogen-bond acceptors (Lipinski definition) is 5. The van der Waals surface area contributed by atoms with E-state index in [4.69, 9.17) is 4.74 Å². The van der Waals surface area contributed by atoms with Crippen LogP contribution in [0.15, 0.2) is 24.3 Å². The second kappa shape index (κ2) is 5.00. The minimum absolute atomic E-state index is 0.288. The van der Waals surface area contributed by atoms with Crippen LogP contribution in [0.5, 0.6) is 5.75 Å². The van der Waals surface area contributed by atoms with Gasteiger partial charge in [0.25, 0.3) is 0 Å². The molecule has 5 heteroatoms. The van der Waals surface area contributed by atoms with Gasteiger partial charge in [-0.2, -0.15) is 0 Å². The molecule has 2 N–H and O–H groups in total. The van der Waals surface area contributed by atoms with Gasteiger partial charge in [0.05, 0.1) is 12.8 Å². The summed E-state index contributed by atoms with van der Waals surface area (Å²) >= 11 is 0. The number of methoxy groups -OCH3 is 1. The summed E-state index contributed by atoms with van der Waals surface area (Å²) < 4.78 is 4.96. The van der Waals surface area contributed by atoms with Gasteiger partial charge < -0.3 is 9.57 Å². The Bertz CT molecular complexity index is 261. The Morgan fingerprint density at radius 1 is 1.31 bits per heavy atom. The van der Waals surface area contributed by atoms with Crippen molar-refractivity contribution in [3.8, 4) is 5.75 Å². The summed E-state index contributed by atoms with van der Waals surface area (Å²) in [6.45, 7) is 0.288. The van der Waals surface area contributed by atoms with Crippen molar-refractivity contribution in [2.75, 3.05) is 12.5 Å². The van der Waals surface area contributed by atoms with Crippen molar-refractivity contribution >= 4 is 12.2 Å². The number of hydrazine groups is 1. The van der Waals surface area contributed by atoms with Crippen LogP contribution in [0, 0.1) is 0 Å². The van der Waals surface area contributed by atoms with Gasteiger partial charge >= 0.3 is 6.47 Å². The Hall–Kier alpha value is -1.75. The number of ether oxygens (including phenoxy) is 1. The molecule has 0 bridgehead atoms. The quantitative estimate of drug-likeness (QED) is 0.399. The van der Waals surface area contributed by atoms with Crippen molar-refractivity contribution in [1.82, 2.24) is 5.59 Å². The van der Waals surface area contributed by atoms with Crippen LogP contribution in [0.1, 0.15) is 0 Å². The Kier molecular flexibility index (Phi) is 3.59. The largest absolute Gasteiger partial charge is 0.497 e. The maximum absolute atomic E-state index is 9.75. The average molecular weight is 182 g/mol. The SMILES string of the molecule is COc1ccc(NNOC=O)cc1. The zero-order chi connectivity index (χ0) is 9.52. The van der Waals surface area contributed by atoms with Crippen LogP contribution in [-0.2, 0) is 9.63 Å². The summed E-state index contributed by atoms with van der Waals surface area (Å²) in [5.74, 6) is 0.766. The third kappa shape index (κ3) is 3.00. The van der Waals surface area contributed by atoms with Crippen molar-refractivity contribution in [1.29, 1.82) is 0 Å². The van der Waals surface area contributed by atoms with Crippen LogP contribution in [0.2, 0.25) is 0 Å². The molecule has 70 valence electrons. The van der Waals surface area contributed by atoms with Gasteiger partial charge in [-0.3, -0.25) is 10.2 Å². The molecule has 0 fully saturated rings. The summed E-state index contributed by atoms with van der Waals surface area (Å²) in [6, 6.07) is 7.12. The summed E-state index contributed by atoms with van der Waals surface area (Å²) in [4.78, 5) is 14.0. The Labute approximate surface area is 75.6 Å². The number of benzene rings is 1. The predicted octanol–water partition coefficient (Wildman–Crippen LogP) is 0.700. The van der Waals surface area contributed by atoms with E-state index >= 15 is 0 Å². The number of carbonyl (C=O) groups is 1. The van der Waals surface area contributed by atoms with Crippen LogP contribution in [0.4, 0.5) is 5.69 Å². The highest BCUT2D eigenvalue weighted by Crippen LogP contribution is 2.13. The molecule has 0 unspecified atom stereocenters. The van der Waals surface area contributed by atoms with Crippen molar-refractivity contribution < 1.29 is 14.4 Å². The van der Waals surface area contributed by atoms with Crippen LogP contribution in [0.3, 0.4) is 0 Å². The van der Waals surface area contributed by atoms with E-state index in [9.17, 15) is 4.79 Å². The Balaban J connectivity index is 2.44. The van der Waals surface area contributed by atoms with Gasteiger partial charge in [0.2, 0.25) is 0 Å². The second-order valence-corrected chi connectivity index (χ2v) is 2.17. The molecular formula is C8H10N2O3. The van der Waals surface area contributed by atoms with E-state index in [2.05, 4.69) is 15.9 Å². The first-order valence-corrected chi connectivity index (χ1v) is 3.61. The smallest absolute Gasteiger partial charge is 0.315 e. The van der Waals surface area contributed by atoms with Crippen molar-refractivity contribution in [2.24, 2.45) is 0 Å². The lowest BCUT2D eigenvalue weighted by Gasteiger charge is -2.05. The molecular weight excluding hydrogens is 172 g/mol. The first kappa shape index (κ1) is 9.34. The molecule has 0 amide bonds. The lowest BCUT2D eigenvalue weighted by atomic mass is 10.3. The van der Waals surface area contributed by atoms with Crippen molar-refractivity contribution in [2.45, 2.75) is 0 Å². The minimum atomic E-state index is 0.288. The van der Waals surface area contributed by atoms with E-state index in [1.54, 1.807) is 31.4 Å². The molecule has 1 aromatic rings. The molecule has 1 aromatic carbocycles. The van der Waals surface area contributed by atoms with E-state index in [-0.39, 0.29) is 6.47 Å². The molecule has 0 atom stereocenters. The summed E-state index contributed by atoms with van der Waals surface area (Å²) in [5, 5.41) is 0. The number of carbonyl (C=O) groups excluding carboxylic acids is 1. The van der Waals surface area contributed by atoms with Gasteiger partial charge in [-0.25, -0.2) is 0 Å². The molecule has 1 rings (SSSR count). The summed E-state index contributed by atoms with van der Waals surface area (Å²) in [7, 11) is 1.59. The molecule has 5 nitrogen and oxygen atoms in total. The number of rotatable bonds is 5. The van der Waals surface area contributed by atoms with Crippen molar-refractivity contribution in [3.63, 3.8) is 0 Å². The van der Waals surface area contributed by atoms with Gasteiger partial charge in [-0.05, 0) is 24.3 Å². The van der Waals surface area contributed by atoms with Crippen molar-refractivity contribution in [3.05, 3.63) is 24.3 Å². The van der Waals surface area contributed by atoms with Crippen LogP contribution in [0.25, 0.3) is 0 Å². The molecule has 0 saturated carbocycles. The predicted molar refractivity (Wildman–Crippen MR) is 46.9 cm³/mol. The summed E-state index contributed by atoms with van der Waals surface area (Å²) in [5.41, 5.74) is 5.63. The van der Waals surface area contributed by atoms with Crippen LogP contribution >= 0.6 is 0 Å². The zero-order valence-corrected chi connectivity index (χ0v) is 7.11. The minimum Gasteiger partial charge on any atom is -0.497 e. The molecule has 0 aliphatic heterocycles. The van der Waals surface area contributed by atoms with Crippen LogP contribution < -0.4 is 15.8 Å². The number of hydrogen-bond donors (Lipinski definition) is 2. The molecule has 0 aromatic heterocycles. The number of nitrogens with one attached hydrogen (secondary N) is 2. The van der Waals surface area contributed by atoms with Gasteiger partial charge in [-0.15, -0.1) is 0 Å². The fourth-order valence-corrected chi connectivity index (χ4v) is 0.787. The summed E-state index contributed by atoms with van der Waals surface area (Å²) in [6.07, 6.45) is 0. The zero-order valence-electron chi connectivity index (χ0n) is 7.11. The molecule has 13 heavy (non-hydrogen) atoms. The van der Waals surface area contributed by atoms with E-state index in [1.807, 2.05) is 0 Å². The Morgan fingerprint density at radius 2 is 2.00 bits per heavy atom. The first-order valence-electron chi connectivity index (χ1n) is 3.61. The lowest BCUT2D eigenvalue weighted by Crippen LogP contribution is -2.20. The second-order valence-electron chi connectivity index (χ2n) is 2.17. The maximum atomic E-state index is 9.75. The normalized spacial score (nSPS) is 9.00. The third-order valence-electron chi connectivity index (χ3n) is 1.39. The van der Waals surface area contributed by atoms with Gasteiger partial charge in [0, 0.05) is 0 Å². The molecule has 0 saturated heterocycles. The Morgan fingerprint density at radius 3 is 2.54 bits per heavy atom. The van der Waals surface area contributed by atoms with Gasteiger partial charge in [-0.1, -0.05) is 5.59 Å². The third-order valence-corrected chi connectivity index (χ3v) is 1.39. The fourth-order valence-electron chi connectivity index (χ4n) is 0.787. The number of anilines is 1. The monoisotopic (exact) mass is 182 g/mol. The standard InChI is InChI=1S/C8H10N2O3/c1-12-8-4-2-7(3-5-8)9-10-13-6-11/h2-6,9-10H,1H3. The topological polar surface area (TPSA) is 59.6 Å². The van der Waals surface area contributed by atoms with E-state index in [0.717, 1.165) is 11.4 Å². The molecule has 0 heterocycles. The van der Waals surface area contributed by atoms with Gasteiger partial charge in [0.15, 0.2) is 0 Å². The van der Waals surface area contributed by atoms with E-state index in [1.165, 1.54) is 0 Å². The molecule has 0 spiro atoms. The molecule has 0 aliphatic rings. The first-order chi connectivity index (χ1) is 6.36. The van der Waals surface area contributed by atoms with E-state index in [0.29, 0.717) is 0 Å². The molecule has 0 radical (unpaired) electrons.